The summed E-state index contributed by atoms with van der Waals surface area (Å²) in [5, 5.41) is 0.925. The number of benzene rings is 2. The highest BCUT2D eigenvalue weighted by Gasteiger charge is 2.52. The summed E-state index contributed by atoms with van der Waals surface area (Å²) in [5.74, 6) is 0.657. The van der Waals surface area contributed by atoms with E-state index in [1.807, 2.05) is 19.9 Å². The predicted molar refractivity (Wildman–Crippen MR) is 128 cm³/mol. The van der Waals surface area contributed by atoms with Gasteiger partial charge in [0.15, 0.2) is 5.72 Å². The Morgan fingerprint density at radius 2 is 1.97 bits per heavy atom. The third-order valence-electron chi connectivity index (χ3n) is 8.15. The van der Waals surface area contributed by atoms with Crippen LogP contribution in [0.15, 0.2) is 36.4 Å². The van der Waals surface area contributed by atoms with Gasteiger partial charge in [-0.25, -0.2) is 9.18 Å². The molecule has 2 saturated heterocycles. The lowest BCUT2D eigenvalue weighted by Crippen LogP contribution is -2.64. The van der Waals surface area contributed by atoms with Crippen LogP contribution in [0, 0.1) is 18.7 Å². The number of hydrogen-bond donors (Lipinski definition) is 1. The van der Waals surface area contributed by atoms with Gasteiger partial charge in [-0.15, -0.1) is 0 Å². The number of ether oxygens (including phenoxy) is 2. The summed E-state index contributed by atoms with van der Waals surface area (Å²) in [5.41, 5.74) is 4.00. The Kier molecular flexibility index (Phi) is 5.17. The smallest absolute Gasteiger partial charge is 0.341 e. The number of nitrogens with one attached hydrogen (secondary N) is 1. The van der Waals surface area contributed by atoms with Crippen LogP contribution in [0.3, 0.4) is 0 Å². The first-order valence-corrected chi connectivity index (χ1v) is 12.5. The minimum Gasteiger partial charge on any atom is -0.472 e. The maximum absolute atomic E-state index is 13.4. The van der Waals surface area contributed by atoms with E-state index in [0.29, 0.717) is 11.5 Å². The molecule has 1 spiro atoms. The van der Waals surface area contributed by atoms with Crippen LogP contribution in [-0.2, 0) is 11.2 Å². The van der Waals surface area contributed by atoms with Gasteiger partial charge in [0.1, 0.15) is 17.7 Å². The number of carbonyl (C=O) groups excluding carboxylic acids is 1. The number of aromatic amines is 1. The van der Waals surface area contributed by atoms with Crippen LogP contribution in [0.5, 0.6) is 5.75 Å². The zero-order valence-electron chi connectivity index (χ0n) is 19.8. The van der Waals surface area contributed by atoms with Gasteiger partial charge in [0.25, 0.3) is 0 Å². The van der Waals surface area contributed by atoms with Gasteiger partial charge >= 0.3 is 5.97 Å². The van der Waals surface area contributed by atoms with E-state index >= 15 is 0 Å². The van der Waals surface area contributed by atoms with E-state index in [4.69, 9.17) is 9.47 Å². The fourth-order valence-corrected chi connectivity index (χ4v) is 6.49. The second-order valence-electron chi connectivity index (χ2n) is 10.1. The Bertz CT molecular complexity index is 1250. The van der Waals surface area contributed by atoms with Crippen molar-refractivity contribution in [2.45, 2.75) is 64.2 Å². The lowest BCUT2D eigenvalue weighted by Gasteiger charge is -2.56. The molecule has 178 valence electrons. The van der Waals surface area contributed by atoms with Crippen molar-refractivity contribution in [3.63, 3.8) is 0 Å². The number of halogens is 1. The zero-order chi connectivity index (χ0) is 23.4. The van der Waals surface area contributed by atoms with Crippen molar-refractivity contribution in [2.75, 3.05) is 13.1 Å². The number of aromatic nitrogens is 1. The Morgan fingerprint density at radius 3 is 2.79 bits per heavy atom. The van der Waals surface area contributed by atoms with Gasteiger partial charge in [0.05, 0.1) is 5.56 Å². The number of aryl methyl sites for hydroxylation is 1. The maximum Gasteiger partial charge on any atom is 0.341 e. The second-order valence-corrected chi connectivity index (χ2v) is 10.1. The summed E-state index contributed by atoms with van der Waals surface area (Å²) in [7, 11) is 0. The topological polar surface area (TPSA) is 54.6 Å². The van der Waals surface area contributed by atoms with Crippen molar-refractivity contribution in [2.24, 2.45) is 5.92 Å². The average molecular weight is 463 g/mol. The van der Waals surface area contributed by atoms with Gasteiger partial charge in [-0.3, -0.25) is 4.90 Å². The number of carbonyl (C=O) groups is 1. The van der Waals surface area contributed by atoms with E-state index < -0.39 is 6.10 Å². The third-order valence-corrected chi connectivity index (χ3v) is 8.15. The van der Waals surface area contributed by atoms with Crippen molar-refractivity contribution in [3.8, 4) is 5.75 Å². The lowest BCUT2D eigenvalue weighted by atomic mass is 9.74. The minimum absolute atomic E-state index is 0.194. The molecule has 0 amide bonds. The first kappa shape index (κ1) is 21.7. The van der Waals surface area contributed by atoms with Gasteiger partial charge in [0, 0.05) is 47.6 Å². The fourth-order valence-electron chi connectivity index (χ4n) is 6.49. The largest absolute Gasteiger partial charge is 0.472 e. The van der Waals surface area contributed by atoms with Crippen LogP contribution in [0.1, 0.15) is 72.3 Å². The van der Waals surface area contributed by atoms with E-state index in [1.165, 1.54) is 31.4 Å². The Balaban J connectivity index is 1.38. The number of H-pyrrole nitrogens is 1. The second kappa shape index (κ2) is 8.12. The molecule has 3 atom stereocenters. The molecule has 3 aliphatic heterocycles. The van der Waals surface area contributed by atoms with Gasteiger partial charge in [-0.05, 0) is 75.8 Å². The average Bonchev–Trinajstić information content (AvgIpc) is 3.18. The quantitative estimate of drug-likeness (QED) is 0.481. The summed E-state index contributed by atoms with van der Waals surface area (Å²) in [6, 6.07) is 10.2. The van der Waals surface area contributed by atoms with Crippen LogP contribution in [0.4, 0.5) is 4.39 Å². The highest BCUT2D eigenvalue weighted by atomic mass is 19.1. The molecule has 34 heavy (non-hydrogen) atoms. The van der Waals surface area contributed by atoms with Crippen LogP contribution in [-0.4, -0.2) is 34.7 Å². The van der Waals surface area contributed by atoms with Crippen LogP contribution < -0.4 is 4.74 Å². The first-order valence-electron chi connectivity index (χ1n) is 12.5. The molecule has 0 bridgehead atoms. The van der Waals surface area contributed by atoms with Crippen LogP contribution >= 0.6 is 0 Å². The summed E-state index contributed by atoms with van der Waals surface area (Å²) >= 11 is 0. The molecule has 0 saturated carbocycles. The van der Waals surface area contributed by atoms with Gasteiger partial charge in [-0.1, -0.05) is 12.1 Å². The minimum atomic E-state index is -0.481. The molecular weight excluding hydrogens is 431 g/mol. The van der Waals surface area contributed by atoms with Gasteiger partial charge in [-0.2, -0.15) is 0 Å². The Hall–Kier alpha value is -2.86. The Morgan fingerprint density at radius 1 is 1.18 bits per heavy atom. The number of esters is 1. The third kappa shape index (κ3) is 3.34. The molecule has 1 N–H and O–H groups in total. The number of nitrogens with zero attached hydrogens (tertiary/aromatic N) is 1. The molecule has 2 aromatic carbocycles. The highest BCUT2D eigenvalue weighted by Crippen LogP contribution is 2.50. The summed E-state index contributed by atoms with van der Waals surface area (Å²) in [6.07, 6.45) is 6.29. The first-order chi connectivity index (χ1) is 16.5. The number of piperidine rings is 2. The fraction of sp³-hybridized carbons (Fsp3) is 0.464. The molecule has 2 fully saturated rings. The number of hydrogen-bond acceptors (Lipinski definition) is 4. The monoisotopic (exact) mass is 462 g/mol. The summed E-state index contributed by atoms with van der Waals surface area (Å²) in [4.78, 5) is 19.4. The molecule has 5 nitrogen and oxygen atoms in total. The standard InChI is InChI=1S/C28H31FN2O3/c1-17-25(27(32)33-18(2)19-7-9-21(29)10-8-19)26-22-16-20-6-5-15-31-14-4-3-13-28(20,31)34-24(22)12-11-23(26)30-17/h7-12,18,20,30H,3-6,13-16H2,1-2H3/t18-,20?,28?/m1/s1. The molecule has 6 heteroatoms. The van der Waals surface area contributed by atoms with E-state index in [2.05, 4.69) is 16.0 Å². The molecule has 3 aromatic rings. The number of fused-ring (bicyclic) bond motifs is 3. The highest BCUT2D eigenvalue weighted by molar-refractivity contribution is 6.07. The maximum atomic E-state index is 13.4. The molecule has 4 heterocycles. The molecule has 0 aliphatic carbocycles. The van der Waals surface area contributed by atoms with Crippen molar-refractivity contribution < 1.29 is 18.7 Å². The molecule has 6 rings (SSSR count). The predicted octanol–water partition coefficient (Wildman–Crippen LogP) is 6.06. The van der Waals surface area contributed by atoms with E-state index in [-0.39, 0.29) is 17.5 Å². The number of rotatable bonds is 3. The van der Waals surface area contributed by atoms with Gasteiger partial charge in [0.2, 0.25) is 0 Å². The van der Waals surface area contributed by atoms with Gasteiger partial charge < -0.3 is 14.5 Å². The summed E-state index contributed by atoms with van der Waals surface area (Å²) in [6.45, 7) is 5.95. The molecule has 0 radical (unpaired) electrons. The van der Waals surface area contributed by atoms with Crippen LogP contribution in [0.2, 0.25) is 0 Å². The van der Waals surface area contributed by atoms with Crippen molar-refractivity contribution >= 4 is 16.9 Å². The van der Waals surface area contributed by atoms with Crippen molar-refractivity contribution in [1.29, 1.82) is 0 Å². The lowest BCUT2D eigenvalue weighted by molar-refractivity contribution is -0.177. The van der Waals surface area contributed by atoms with Crippen molar-refractivity contribution in [3.05, 3.63) is 64.6 Å². The Labute approximate surface area is 199 Å². The molecule has 2 unspecified atom stereocenters. The van der Waals surface area contributed by atoms with E-state index in [0.717, 1.165) is 65.8 Å². The van der Waals surface area contributed by atoms with Crippen molar-refractivity contribution in [1.82, 2.24) is 9.88 Å². The molecule has 1 aromatic heterocycles. The normalized spacial score (nSPS) is 25.1. The zero-order valence-corrected chi connectivity index (χ0v) is 19.8. The van der Waals surface area contributed by atoms with E-state index in [1.54, 1.807) is 12.1 Å². The van der Waals surface area contributed by atoms with E-state index in [9.17, 15) is 9.18 Å². The SMILES string of the molecule is Cc1[nH]c2ccc3c(c2c1C(=O)O[C@H](C)c1ccc(F)cc1)CC1CCCN2CCCCC12O3. The van der Waals surface area contributed by atoms with Crippen LogP contribution in [0.25, 0.3) is 10.9 Å². The summed E-state index contributed by atoms with van der Waals surface area (Å²) < 4.78 is 26.0. The molecular formula is C28H31FN2O3. The molecule has 3 aliphatic rings.